The van der Waals surface area contributed by atoms with Crippen LogP contribution in [0.15, 0.2) is 53.0 Å². The number of halogens is 1. The largest absolute Gasteiger partial charge is 0.497 e. The number of carbonyl (C=O) groups is 1. The predicted octanol–water partition coefficient (Wildman–Crippen LogP) is 4.02. The van der Waals surface area contributed by atoms with Crippen LogP contribution in [0.5, 0.6) is 5.75 Å². The van der Waals surface area contributed by atoms with E-state index in [1.807, 2.05) is 55.5 Å². The number of nitrogens with one attached hydrogen (secondary N) is 2. The first kappa shape index (κ1) is 16.4. The Hall–Kier alpha value is -2.01. The molecule has 0 saturated carbocycles. The van der Waals surface area contributed by atoms with Gasteiger partial charge in [0.1, 0.15) is 5.75 Å². The summed E-state index contributed by atoms with van der Waals surface area (Å²) in [6.07, 6.45) is 0. The number of carbonyl (C=O) groups excluding carboxylic acids is 1. The fraction of sp³-hybridized carbons (Fsp3) is 0.235. The molecule has 2 aromatic carbocycles. The average molecular weight is 363 g/mol. The van der Waals surface area contributed by atoms with Crippen molar-refractivity contribution in [1.82, 2.24) is 10.6 Å². The molecule has 0 aliphatic heterocycles. The lowest BCUT2D eigenvalue weighted by Crippen LogP contribution is -2.36. The van der Waals surface area contributed by atoms with Gasteiger partial charge in [0.25, 0.3) is 0 Å². The van der Waals surface area contributed by atoms with Crippen LogP contribution in [0.3, 0.4) is 0 Å². The molecule has 0 aliphatic rings. The minimum Gasteiger partial charge on any atom is -0.497 e. The van der Waals surface area contributed by atoms with E-state index in [4.69, 9.17) is 4.74 Å². The molecule has 116 valence electrons. The van der Waals surface area contributed by atoms with Crippen LogP contribution < -0.4 is 15.4 Å². The van der Waals surface area contributed by atoms with E-state index in [-0.39, 0.29) is 12.1 Å². The van der Waals surface area contributed by atoms with Crippen LogP contribution in [-0.4, -0.2) is 13.1 Å². The molecule has 5 heteroatoms. The number of benzene rings is 2. The molecular formula is C17H19BrN2O2. The summed E-state index contributed by atoms with van der Waals surface area (Å²) in [4.78, 5) is 12.0. The number of hydrogen-bond donors (Lipinski definition) is 2. The molecule has 4 nitrogen and oxygen atoms in total. The lowest BCUT2D eigenvalue weighted by atomic mass is 10.1. The highest BCUT2D eigenvalue weighted by Gasteiger charge is 2.09. The first-order chi connectivity index (χ1) is 10.6. The second kappa shape index (κ2) is 7.84. The zero-order valence-corrected chi connectivity index (χ0v) is 14.2. The van der Waals surface area contributed by atoms with Gasteiger partial charge in [0.2, 0.25) is 0 Å². The van der Waals surface area contributed by atoms with E-state index in [0.717, 1.165) is 21.3 Å². The number of ether oxygens (including phenoxy) is 1. The molecule has 2 amide bonds. The summed E-state index contributed by atoms with van der Waals surface area (Å²) < 4.78 is 6.18. The van der Waals surface area contributed by atoms with E-state index in [1.165, 1.54) is 0 Å². The van der Waals surface area contributed by atoms with Crippen molar-refractivity contribution in [2.75, 3.05) is 7.11 Å². The zero-order chi connectivity index (χ0) is 15.9. The van der Waals surface area contributed by atoms with Gasteiger partial charge < -0.3 is 15.4 Å². The number of urea groups is 1. The monoisotopic (exact) mass is 362 g/mol. The van der Waals surface area contributed by atoms with Gasteiger partial charge in [0.05, 0.1) is 13.2 Å². The SMILES string of the molecule is COc1cccc(CNC(=O)N[C@H](C)c2ccc(Br)cc2)c1. The highest BCUT2D eigenvalue weighted by atomic mass is 79.9. The zero-order valence-electron chi connectivity index (χ0n) is 12.6. The predicted molar refractivity (Wildman–Crippen MR) is 90.9 cm³/mol. The molecule has 0 fully saturated rings. The van der Waals surface area contributed by atoms with Crippen molar-refractivity contribution >= 4 is 22.0 Å². The maximum absolute atomic E-state index is 12.0. The minimum absolute atomic E-state index is 0.0570. The number of methoxy groups -OCH3 is 1. The molecule has 2 aromatic rings. The standard InChI is InChI=1S/C17H19BrN2O2/c1-12(14-6-8-15(18)9-7-14)20-17(21)19-11-13-4-3-5-16(10-13)22-2/h3-10,12H,11H2,1-2H3,(H2,19,20,21)/t12-/m1/s1. The Morgan fingerprint density at radius 1 is 1.23 bits per heavy atom. The molecule has 2 rings (SSSR count). The van der Waals surface area contributed by atoms with Gasteiger partial charge in [-0.2, -0.15) is 0 Å². The summed E-state index contributed by atoms with van der Waals surface area (Å²) in [6, 6.07) is 15.3. The molecule has 0 bridgehead atoms. The van der Waals surface area contributed by atoms with E-state index in [0.29, 0.717) is 6.54 Å². The fourth-order valence-corrected chi connectivity index (χ4v) is 2.31. The Balaban J connectivity index is 1.85. The molecule has 1 atom stereocenters. The molecule has 0 aliphatic carbocycles. The summed E-state index contributed by atoms with van der Waals surface area (Å²) in [5.41, 5.74) is 2.05. The molecular weight excluding hydrogens is 344 g/mol. The third-order valence-electron chi connectivity index (χ3n) is 3.30. The van der Waals surface area contributed by atoms with Gasteiger partial charge >= 0.3 is 6.03 Å². The Morgan fingerprint density at radius 3 is 2.64 bits per heavy atom. The van der Waals surface area contributed by atoms with Crippen molar-refractivity contribution in [3.8, 4) is 5.75 Å². The molecule has 0 unspecified atom stereocenters. The lowest BCUT2D eigenvalue weighted by Gasteiger charge is -2.15. The van der Waals surface area contributed by atoms with Crippen LogP contribution in [0.2, 0.25) is 0 Å². The lowest BCUT2D eigenvalue weighted by molar-refractivity contribution is 0.237. The van der Waals surface area contributed by atoms with Gasteiger partial charge in [-0.05, 0) is 42.3 Å². The van der Waals surface area contributed by atoms with E-state index >= 15 is 0 Å². The highest BCUT2D eigenvalue weighted by molar-refractivity contribution is 9.10. The quantitative estimate of drug-likeness (QED) is 0.843. The van der Waals surface area contributed by atoms with Gasteiger partial charge in [-0.25, -0.2) is 4.79 Å². The second-order valence-corrected chi connectivity index (χ2v) is 5.87. The van der Waals surface area contributed by atoms with Crippen LogP contribution in [-0.2, 0) is 6.54 Å². The van der Waals surface area contributed by atoms with E-state index in [9.17, 15) is 4.79 Å². The molecule has 0 aromatic heterocycles. The number of rotatable bonds is 5. The molecule has 0 heterocycles. The highest BCUT2D eigenvalue weighted by Crippen LogP contribution is 2.16. The first-order valence-corrected chi connectivity index (χ1v) is 7.80. The van der Waals surface area contributed by atoms with E-state index < -0.39 is 0 Å². The van der Waals surface area contributed by atoms with Gasteiger partial charge in [-0.3, -0.25) is 0 Å². The summed E-state index contributed by atoms with van der Waals surface area (Å²) in [6.45, 7) is 2.41. The Morgan fingerprint density at radius 2 is 1.95 bits per heavy atom. The smallest absolute Gasteiger partial charge is 0.315 e. The Bertz CT molecular complexity index is 629. The fourth-order valence-electron chi connectivity index (χ4n) is 2.05. The van der Waals surface area contributed by atoms with Crippen LogP contribution in [0.4, 0.5) is 4.79 Å². The summed E-state index contributed by atoms with van der Waals surface area (Å²) >= 11 is 3.40. The third kappa shape index (κ3) is 4.77. The molecule has 0 saturated heterocycles. The maximum Gasteiger partial charge on any atom is 0.315 e. The summed E-state index contributed by atoms with van der Waals surface area (Å²) in [5, 5.41) is 5.77. The van der Waals surface area contributed by atoms with Crippen molar-refractivity contribution < 1.29 is 9.53 Å². The van der Waals surface area contributed by atoms with E-state index in [2.05, 4.69) is 26.6 Å². The number of hydrogen-bond acceptors (Lipinski definition) is 2. The van der Waals surface area contributed by atoms with Gasteiger partial charge in [-0.15, -0.1) is 0 Å². The molecule has 0 spiro atoms. The van der Waals surface area contributed by atoms with Crippen molar-refractivity contribution in [2.45, 2.75) is 19.5 Å². The van der Waals surface area contributed by atoms with Crippen molar-refractivity contribution in [3.05, 3.63) is 64.1 Å². The summed E-state index contributed by atoms with van der Waals surface area (Å²) in [5.74, 6) is 0.780. The summed E-state index contributed by atoms with van der Waals surface area (Å²) in [7, 11) is 1.62. The van der Waals surface area contributed by atoms with Gasteiger partial charge in [0.15, 0.2) is 0 Å². The van der Waals surface area contributed by atoms with Crippen molar-refractivity contribution in [1.29, 1.82) is 0 Å². The topological polar surface area (TPSA) is 50.4 Å². The van der Waals surface area contributed by atoms with Crippen LogP contribution in [0.1, 0.15) is 24.1 Å². The Kier molecular flexibility index (Phi) is 5.83. The van der Waals surface area contributed by atoms with Crippen molar-refractivity contribution in [3.63, 3.8) is 0 Å². The number of amides is 2. The van der Waals surface area contributed by atoms with Crippen LogP contribution in [0, 0.1) is 0 Å². The normalized spacial score (nSPS) is 11.6. The van der Waals surface area contributed by atoms with E-state index in [1.54, 1.807) is 7.11 Å². The maximum atomic E-state index is 12.0. The first-order valence-electron chi connectivity index (χ1n) is 7.01. The van der Waals surface area contributed by atoms with Crippen LogP contribution in [0.25, 0.3) is 0 Å². The Labute approximate surface area is 139 Å². The van der Waals surface area contributed by atoms with Crippen molar-refractivity contribution in [2.24, 2.45) is 0 Å². The molecule has 0 radical (unpaired) electrons. The molecule has 2 N–H and O–H groups in total. The van der Waals surface area contributed by atoms with Crippen LogP contribution >= 0.6 is 15.9 Å². The van der Waals surface area contributed by atoms with Gasteiger partial charge in [-0.1, -0.05) is 40.2 Å². The molecule has 22 heavy (non-hydrogen) atoms. The third-order valence-corrected chi connectivity index (χ3v) is 3.83. The average Bonchev–Trinajstić information content (AvgIpc) is 2.53. The minimum atomic E-state index is -0.196. The second-order valence-electron chi connectivity index (χ2n) is 4.95. The van der Waals surface area contributed by atoms with Gasteiger partial charge in [0, 0.05) is 11.0 Å².